The summed E-state index contributed by atoms with van der Waals surface area (Å²) < 4.78 is 16.7. The van der Waals surface area contributed by atoms with E-state index in [1.165, 1.54) is 0 Å². The molecule has 1 aliphatic heterocycles. The van der Waals surface area contributed by atoms with E-state index in [0.717, 1.165) is 60.9 Å². The monoisotopic (exact) mass is 515 g/mol. The van der Waals surface area contributed by atoms with Gasteiger partial charge < -0.3 is 29.7 Å². The summed E-state index contributed by atoms with van der Waals surface area (Å²) in [5, 5.41) is 21.1. The molecule has 2 aromatic heterocycles. The highest BCUT2D eigenvalue weighted by atomic mass is 35.5. The van der Waals surface area contributed by atoms with Crippen LogP contribution in [0.2, 0.25) is 5.02 Å². The van der Waals surface area contributed by atoms with Gasteiger partial charge in [-0.05, 0) is 64.8 Å². The van der Waals surface area contributed by atoms with Gasteiger partial charge in [-0.1, -0.05) is 16.8 Å². The molecule has 1 fully saturated rings. The predicted molar refractivity (Wildman–Crippen MR) is 140 cm³/mol. The van der Waals surface area contributed by atoms with Crippen molar-refractivity contribution in [3.8, 4) is 28.4 Å². The molecule has 1 saturated heterocycles. The van der Waals surface area contributed by atoms with Crippen LogP contribution in [0.4, 0.5) is 5.82 Å². The molecule has 36 heavy (non-hydrogen) atoms. The highest BCUT2D eigenvalue weighted by Gasteiger charge is 2.22. The number of aryl methyl sites for hydroxylation is 2. The molecular formula is C26H34ClN5O4. The van der Waals surface area contributed by atoms with E-state index in [9.17, 15) is 5.11 Å². The maximum Gasteiger partial charge on any atom is 0.163 e. The molecule has 1 aliphatic rings. The Morgan fingerprint density at radius 2 is 1.97 bits per heavy atom. The predicted octanol–water partition coefficient (Wildman–Crippen LogP) is 4.17. The SMILES string of the molecule is CNCC(O)COc1ccc(Cl)c(-c2nc(NCC3CCOCC3)c(C)c(-c3c(C)noc3C)n2)c1. The first-order valence-corrected chi connectivity index (χ1v) is 12.6. The Morgan fingerprint density at radius 3 is 2.67 bits per heavy atom. The van der Waals surface area contributed by atoms with Crippen LogP contribution < -0.4 is 15.4 Å². The van der Waals surface area contributed by atoms with E-state index in [2.05, 4.69) is 15.8 Å². The largest absolute Gasteiger partial charge is 0.491 e. The summed E-state index contributed by atoms with van der Waals surface area (Å²) in [4.78, 5) is 9.80. The van der Waals surface area contributed by atoms with Crippen molar-refractivity contribution in [3.05, 3.63) is 40.2 Å². The summed E-state index contributed by atoms with van der Waals surface area (Å²) in [7, 11) is 1.78. The zero-order valence-electron chi connectivity index (χ0n) is 21.2. The van der Waals surface area contributed by atoms with Gasteiger partial charge in [-0.15, -0.1) is 0 Å². The minimum atomic E-state index is -0.628. The van der Waals surface area contributed by atoms with Gasteiger partial charge in [0.05, 0.1) is 22.0 Å². The van der Waals surface area contributed by atoms with Crippen molar-refractivity contribution in [2.45, 2.75) is 39.7 Å². The molecule has 3 aromatic rings. The van der Waals surface area contributed by atoms with E-state index in [-0.39, 0.29) is 6.61 Å². The van der Waals surface area contributed by atoms with Crippen molar-refractivity contribution in [2.24, 2.45) is 5.92 Å². The average molecular weight is 516 g/mol. The number of aromatic nitrogens is 3. The molecule has 0 radical (unpaired) electrons. The number of benzene rings is 1. The number of likely N-dealkylation sites (N-methyl/N-ethyl adjacent to an activating group) is 1. The van der Waals surface area contributed by atoms with E-state index in [4.69, 9.17) is 35.6 Å². The van der Waals surface area contributed by atoms with Crippen molar-refractivity contribution in [3.63, 3.8) is 0 Å². The van der Waals surface area contributed by atoms with E-state index in [1.807, 2.05) is 20.8 Å². The fourth-order valence-corrected chi connectivity index (χ4v) is 4.52. The third-order valence-corrected chi connectivity index (χ3v) is 6.71. The Bertz CT molecular complexity index is 1160. The molecule has 10 heteroatoms. The molecule has 3 N–H and O–H groups in total. The van der Waals surface area contributed by atoms with E-state index in [0.29, 0.717) is 40.4 Å². The van der Waals surface area contributed by atoms with Crippen LogP contribution in [0, 0.1) is 26.7 Å². The third kappa shape index (κ3) is 6.15. The molecule has 4 rings (SSSR count). The van der Waals surface area contributed by atoms with E-state index >= 15 is 0 Å². The third-order valence-electron chi connectivity index (χ3n) is 6.38. The summed E-state index contributed by atoms with van der Waals surface area (Å²) in [6, 6.07) is 5.33. The normalized spacial score (nSPS) is 15.2. The van der Waals surface area contributed by atoms with Crippen molar-refractivity contribution < 1.29 is 19.1 Å². The molecule has 1 aromatic carbocycles. The number of ether oxygens (including phenoxy) is 2. The number of rotatable bonds is 10. The molecule has 0 aliphatic carbocycles. The van der Waals surface area contributed by atoms with Crippen LogP contribution in [0.15, 0.2) is 22.7 Å². The lowest BCUT2D eigenvalue weighted by Crippen LogP contribution is -2.29. The average Bonchev–Trinajstić information content (AvgIpc) is 3.21. The minimum absolute atomic E-state index is 0.152. The number of aliphatic hydroxyl groups excluding tert-OH is 1. The van der Waals surface area contributed by atoms with Gasteiger partial charge in [0.15, 0.2) is 5.82 Å². The molecule has 3 heterocycles. The fourth-order valence-electron chi connectivity index (χ4n) is 4.32. The van der Waals surface area contributed by atoms with Crippen molar-refractivity contribution in [1.82, 2.24) is 20.4 Å². The standard InChI is InChI=1S/C26H34ClN5O4/c1-15-24(23-16(2)32-36-17(23)3)30-26(31-25(15)29-12-18-7-9-34-10-8-18)21-11-20(5-6-22(21)27)35-14-19(33)13-28-4/h5-6,11,18-19,28,33H,7-10,12-14H2,1-4H3,(H,29,30,31). The zero-order chi connectivity index (χ0) is 25.7. The number of halogens is 1. The van der Waals surface area contributed by atoms with Gasteiger partial charge in [0.25, 0.3) is 0 Å². The summed E-state index contributed by atoms with van der Waals surface area (Å²) >= 11 is 6.61. The number of anilines is 1. The molecule has 0 amide bonds. The van der Waals surface area contributed by atoms with Crippen LogP contribution in [-0.4, -0.2) is 66.3 Å². The van der Waals surface area contributed by atoms with Gasteiger partial charge in [-0.2, -0.15) is 0 Å². The quantitative estimate of drug-likeness (QED) is 0.366. The zero-order valence-corrected chi connectivity index (χ0v) is 22.0. The summed E-state index contributed by atoms with van der Waals surface area (Å²) in [5.41, 5.74) is 3.91. The second-order valence-electron chi connectivity index (χ2n) is 9.17. The van der Waals surface area contributed by atoms with Crippen molar-refractivity contribution in [1.29, 1.82) is 0 Å². The number of nitrogens with zero attached hydrogens (tertiary/aromatic N) is 3. The Morgan fingerprint density at radius 1 is 1.19 bits per heavy atom. The van der Waals surface area contributed by atoms with Gasteiger partial charge in [0, 0.05) is 37.4 Å². The highest BCUT2D eigenvalue weighted by molar-refractivity contribution is 6.33. The molecule has 194 valence electrons. The molecule has 0 spiro atoms. The Kier molecular flexibility index (Phi) is 8.79. The topological polar surface area (TPSA) is 115 Å². The van der Waals surface area contributed by atoms with Gasteiger partial charge in [-0.3, -0.25) is 0 Å². The van der Waals surface area contributed by atoms with Crippen LogP contribution in [0.5, 0.6) is 5.75 Å². The first kappa shape index (κ1) is 26.3. The van der Waals surface area contributed by atoms with Crippen molar-refractivity contribution in [2.75, 3.05) is 45.3 Å². The lowest BCUT2D eigenvalue weighted by molar-refractivity contribution is 0.0699. The second-order valence-corrected chi connectivity index (χ2v) is 9.58. The fraction of sp³-hybridized carbons (Fsp3) is 0.500. The van der Waals surface area contributed by atoms with Crippen LogP contribution >= 0.6 is 11.6 Å². The van der Waals surface area contributed by atoms with E-state index < -0.39 is 6.10 Å². The molecule has 0 saturated carbocycles. The van der Waals surface area contributed by atoms with Crippen LogP contribution in [0.25, 0.3) is 22.6 Å². The van der Waals surface area contributed by atoms with Gasteiger partial charge in [0.2, 0.25) is 0 Å². The molecule has 1 atom stereocenters. The van der Waals surface area contributed by atoms with Gasteiger partial charge in [-0.25, -0.2) is 9.97 Å². The summed E-state index contributed by atoms with van der Waals surface area (Å²) in [5.74, 6) is 3.00. The first-order chi connectivity index (χ1) is 17.4. The number of hydrogen-bond acceptors (Lipinski definition) is 9. The minimum Gasteiger partial charge on any atom is -0.491 e. The molecule has 0 bridgehead atoms. The maximum absolute atomic E-state index is 10.0. The first-order valence-electron chi connectivity index (χ1n) is 12.3. The number of hydrogen-bond donors (Lipinski definition) is 3. The molecule has 1 unspecified atom stereocenters. The van der Waals surface area contributed by atoms with E-state index in [1.54, 1.807) is 25.2 Å². The highest BCUT2D eigenvalue weighted by Crippen LogP contribution is 2.36. The van der Waals surface area contributed by atoms with Crippen LogP contribution in [-0.2, 0) is 4.74 Å². The summed E-state index contributed by atoms with van der Waals surface area (Å²) in [6.07, 6.45) is 1.41. The Labute approximate surface area is 216 Å². The summed E-state index contributed by atoms with van der Waals surface area (Å²) in [6.45, 7) is 8.74. The van der Waals surface area contributed by atoms with Crippen molar-refractivity contribution >= 4 is 17.4 Å². The Hall–Kier alpha value is -2.72. The lowest BCUT2D eigenvalue weighted by Gasteiger charge is -2.23. The van der Waals surface area contributed by atoms with Crippen LogP contribution in [0.3, 0.4) is 0 Å². The maximum atomic E-state index is 10.0. The number of nitrogens with one attached hydrogen (secondary N) is 2. The second kappa shape index (κ2) is 12.0. The van der Waals surface area contributed by atoms with Gasteiger partial charge in [0.1, 0.15) is 30.0 Å². The smallest absolute Gasteiger partial charge is 0.163 e. The van der Waals surface area contributed by atoms with Gasteiger partial charge >= 0.3 is 0 Å². The molecule has 9 nitrogen and oxygen atoms in total. The molecular weight excluding hydrogens is 482 g/mol. The Balaban J connectivity index is 1.71. The number of aliphatic hydroxyl groups is 1. The lowest BCUT2D eigenvalue weighted by atomic mass is 10.00. The van der Waals surface area contributed by atoms with Crippen LogP contribution in [0.1, 0.15) is 29.9 Å².